The van der Waals surface area contributed by atoms with Crippen LogP contribution in [0.4, 0.5) is 5.82 Å². The van der Waals surface area contributed by atoms with E-state index in [1.807, 2.05) is 54.6 Å². The third kappa shape index (κ3) is 5.21. The molecule has 0 radical (unpaired) electrons. The van der Waals surface area contributed by atoms with E-state index in [0.29, 0.717) is 24.5 Å². The van der Waals surface area contributed by atoms with E-state index in [0.717, 1.165) is 33.7 Å². The number of H-pyrrole nitrogens is 2. The quantitative estimate of drug-likeness (QED) is 0.387. The van der Waals surface area contributed by atoms with Crippen LogP contribution in [-0.4, -0.2) is 26.9 Å². The average Bonchev–Trinajstić information content (AvgIpc) is 3.24. The van der Waals surface area contributed by atoms with Crippen LogP contribution in [0.15, 0.2) is 76.0 Å². The normalized spacial score (nSPS) is 10.8. The molecule has 0 saturated heterocycles. The highest BCUT2D eigenvalue weighted by atomic mass is 79.9. The second-order valence-electron chi connectivity index (χ2n) is 6.99. The fourth-order valence-corrected chi connectivity index (χ4v) is 3.62. The molecule has 4 aromatic rings. The molecule has 8 heteroatoms. The van der Waals surface area contributed by atoms with Gasteiger partial charge < -0.3 is 9.64 Å². The minimum absolute atomic E-state index is 0.200. The number of halogens is 1. The van der Waals surface area contributed by atoms with Crippen molar-refractivity contribution in [2.24, 2.45) is 0 Å². The van der Waals surface area contributed by atoms with Gasteiger partial charge >= 0.3 is 0 Å². The summed E-state index contributed by atoms with van der Waals surface area (Å²) in [6.45, 7) is 3.95. The molecule has 0 unspecified atom stereocenters. The lowest BCUT2D eigenvalue weighted by Crippen LogP contribution is -2.23. The fourth-order valence-electron chi connectivity index (χ4n) is 3.22. The van der Waals surface area contributed by atoms with Gasteiger partial charge in [0.25, 0.3) is 5.56 Å². The second kappa shape index (κ2) is 9.61. The molecule has 4 rings (SSSR count). The Hall–Kier alpha value is -3.39. The lowest BCUT2D eigenvalue weighted by molar-refractivity contribution is 0.302. The van der Waals surface area contributed by atoms with Crippen molar-refractivity contribution in [2.45, 2.75) is 20.1 Å². The highest BCUT2D eigenvalue weighted by Crippen LogP contribution is 2.27. The van der Waals surface area contributed by atoms with Gasteiger partial charge in [-0.15, -0.1) is 10.2 Å². The minimum Gasteiger partial charge on any atom is -0.489 e. The molecule has 2 aromatic carbocycles. The Balaban J connectivity index is 1.52. The number of hydrogen-bond acceptors (Lipinski definition) is 5. The summed E-state index contributed by atoms with van der Waals surface area (Å²) < 4.78 is 7.11. The summed E-state index contributed by atoms with van der Waals surface area (Å²) in [6.07, 6.45) is 0. The Labute approximate surface area is 188 Å². The van der Waals surface area contributed by atoms with Crippen LogP contribution in [0.3, 0.4) is 0 Å². The van der Waals surface area contributed by atoms with E-state index in [-0.39, 0.29) is 5.56 Å². The van der Waals surface area contributed by atoms with Crippen LogP contribution < -0.4 is 15.2 Å². The third-order valence-electron chi connectivity index (χ3n) is 4.85. The molecule has 0 aliphatic rings. The minimum atomic E-state index is -0.200. The molecule has 0 spiro atoms. The number of aromatic amines is 2. The number of anilines is 1. The summed E-state index contributed by atoms with van der Waals surface area (Å²) >= 11 is 3.56. The van der Waals surface area contributed by atoms with Crippen LogP contribution in [0.5, 0.6) is 5.75 Å². The van der Waals surface area contributed by atoms with Gasteiger partial charge in [-0.1, -0.05) is 46.3 Å². The summed E-state index contributed by atoms with van der Waals surface area (Å²) in [5, 5.41) is 13.9. The van der Waals surface area contributed by atoms with Crippen molar-refractivity contribution >= 4 is 21.7 Å². The summed E-state index contributed by atoms with van der Waals surface area (Å²) in [5.41, 5.74) is 3.18. The average molecular weight is 480 g/mol. The number of aromatic nitrogens is 4. The number of ether oxygens (including phenoxy) is 1. The predicted molar refractivity (Wildman–Crippen MR) is 124 cm³/mol. The summed E-state index contributed by atoms with van der Waals surface area (Å²) in [7, 11) is 0. The van der Waals surface area contributed by atoms with Crippen molar-refractivity contribution in [2.75, 3.05) is 11.4 Å². The van der Waals surface area contributed by atoms with Gasteiger partial charge in [0.2, 0.25) is 0 Å². The summed E-state index contributed by atoms with van der Waals surface area (Å²) in [4.78, 5) is 13.5. The van der Waals surface area contributed by atoms with Crippen molar-refractivity contribution in [3.8, 4) is 17.1 Å². The van der Waals surface area contributed by atoms with Gasteiger partial charge in [0.15, 0.2) is 5.82 Å². The molecule has 2 heterocycles. The van der Waals surface area contributed by atoms with Gasteiger partial charge in [-0.25, -0.2) is 0 Å². The first kappa shape index (κ1) is 20.9. The molecular weight excluding hydrogens is 458 g/mol. The molecular formula is C23H22BrN5O2. The van der Waals surface area contributed by atoms with E-state index in [1.54, 1.807) is 0 Å². The Morgan fingerprint density at radius 2 is 1.84 bits per heavy atom. The second-order valence-corrected chi connectivity index (χ2v) is 7.91. The Kier molecular flexibility index (Phi) is 6.47. The Bertz CT molecular complexity index is 1190. The van der Waals surface area contributed by atoms with Gasteiger partial charge in [0.1, 0.15) is 18.1 Å². The summed E-state index contributed by atoms with van der Waals surface area (Å²) in [6, 6.07) is 21.3. The predicted octanol–water partition coefficient (Wildman–Crippen LogP) is 4.53. The molecule has 0 amide bonds. The van der Waals surface area contributed by atoms with Crippen molar-refractivity contribution in [3.63, 3.8) is 0 Å². The molecule has 2 aromatic heterocycles. The van der Waals surface area contributed by atoms with E-state index in [4.69, 9.17) is 4.74 Å². The number of rotatable bonds is 8. The van der Waals surface area contributed by atoms with Crippen LogP contribution in [0, 0.1) is 0 Å². The molecule has 0 bridgehead atoms. The number of hydrogen-bond donors (Lipinski definition) is 2. The first-order chi connectivity index (χ1) is 15.1. The first-order valence-corrected chi connectivity index (χ1v) is 10.7. The van der Waals surface area contributed by atoms with Crippen molar-refractivity contribution in [3.05, 3.63) is 92.7 Å². The highest BCUT2D eigenvalue weighted by Gasteiger charge is 2.13. The summed E-state index contributed by atoms with van der Waals surface area (Å²) in [5.74, 6) is 1.58. The molecule has 0 aliphatic carbocycles. The van der Waals surface area contributed by atoms with Crippen LogP contribution in [-0.2, 0) is 13.2 Å². The number of nitrogens with one attached hydrogen (secondary N) is 2. The maximum atomic E-state index is 11.3. The fraction of sp³-hybridized carbons (Fsp3) is 0.174. The first-order valence-electron chi connectivity index (χ1n) is 9.94. The maximum absolute atomic E-state index is 11.3. The molecule has 0 aliphatic heterocycles. The maximum Gasteiger partial charge on any atom is 0.264 e. The topological polar surface area (TPSA) is 86.9 Å². The van der Waals surface area contributed by atoms with Gasteiger partial charge in [0, 0.05) is 29.2 Å². The van der Waals surface area contributed by atoms with E-state index in [1.165, 1.54) is 6.07 Å². The molecule has 2 N–H and O–H groups in total. The van der Waals surface area contributed by atoms with Crippen LogP contribution in [0.2, 0.25) is 0 Å². The lowest BCUT2D eigenvalue weighted by atomic mass is 10.1. The van der Waals surface area contributed by atoms with Crippen LogP contribution in [0.25, 0.3) is 11.4 Å². The number of nitrogens with zero attached hydrogens (tertiary/aromatic N) is 3. The largest absolute Gasteiger partial charge is 0.489 e. The van der Waals surface area contributed by atoms with E-state index < -0.39 is 0 Å². The smallest absolute Gasteiger partial charge is 0.264 e. The monoisotopic (exact) mass is 479 g/mol. The highest BCUT2D eigenvalue weighted by molar-refractivity contribution is 9.10. The molecule has 158 valence electrons. The Morgan fingerprint density at radius 1 is 1.00 bits per heavy atom. The van der Waals surface area contributed by atoms with E-state index in [9.17, 15) is 4.79 Å². The van der Waals surface area contributed by atoms with Crippen LogP contribution >= 0.6 is 15.9 Å². The lowest BCUT2D eigenvalue weighted by Gasteiger charge is -2.23. The van der Waals surface area contributed by atoms with E-state index >= 15 is 0 Å². The van der Waals surface area contributed by atoms with Crippen molar-refractivity contribution < 1.29 is 4.74 Å². The van der Waals surface area contributed by atoms with Gasteiger partial charge in [-0.3, -0.25) is 15.0 Å². The Morgan fingerprint density at radius 3 is 2.52 bits per heavy atom. The van der Waals surface area contributed by atoms with Crippen molar-refractivity contribution in [1.82, 2.24) is 20.4 Å². The molecule has 7 nitrogen and oxygen atoms in total. The van der Waals surface area contributed by atoms with Crippen LogP contribution in [0.1, 0.15) is 18.1 Å². The van der Waals surface area contributed by atoms with Gasteiger partial charge in [-0.2, -0.15) is 0 Å². The number of benzene rings is 2. The zero-order chi connectivity index (χ0) is 21.6. The standard InChI is InChI=1S/C23H22BrN5O2/c1-2-29(22-11-9-19(25-27-22)20-13-23(30)28-26-20)14-17-12-18(24)8-10-21(17)31-15-16-6-4-3-5-7-16/h3-13H,2,14-15H2,1H3,(H2,26,28,30). The SMILES string of the molecule is CCN(Cc1cc(Br)ccc1OCc1ccccc1)c1ccc(-c2cc(=O)[nH][nH]2)nn1. The zero-order valence-corrected chi connectivity index (χ0v) is 18.6. The molecule has 0 saturated carbocycles. The third-order valence-corrected chi connectivity index (χ3v) is 5.34. The van der Waals surface area contributed by atoms with Gasteiger partial charge in [0.05, 0.1) is 5.69 Å². The van der Waals surface area contributed by atoms with Crippen molar-refractivity contribution in [1.29, 1.82) is 0 Å². The molecule has 0 atom stereocenters. The van der Waals surface area contributed by atoms with E-state index in [2.05, 4.69) is 54.2 Å². The molecule has 31 heavy (non-hydrogen) atoms. The molecule has 0 fully saturated rings. The van der Waals surface area contributed by atoms with Gasteiger partial charge in [-0.05, 0) is 42.8 Å². The zero-order valence-electron chi connectivity index (χ0n) is 17.0.